The van der Waals surface area contributed by atoms with E-state index in [1.807, 2.05) is 0 Å². The van der Waals surface area contributed by atoms with Crippen molar-refractivity contribution in [2.45, 2.75) is 0 Å². The molecule has 0 aromatic carbocycles. The molecule has 0 aliphatic carbocycles. The van der Waals surface area contributed by atoms with Crippen LogP contribution < -0.4 is 10.6 Å². The van der Waals surface area contributed by atoms with Crippen molar-refractivity contribution in [3.8, 4) is 0 Å². The number of nitrogens with zero attached hydrogens (tertiary/aromatic N) is 3. The molecule has 0 amide bonds. The number of aromatic amines is 1. The number of hydrogen-bond acceptors (Lipinski definition) is 7. The number of aliphatic hydroxyl groups excluding tert-OH is 2. The Labute approximate surface area is 97.1 Å². The predicted octanol–water partition coefficient (Wildman–Crippen LogP) is -0.839. The Morgan fingerprint density at radius 3 is 2.65 bits per heavy atom. The van der Waals surface area contributed by atoms with Gasteiger partial charge in [-0.05, 0) is 0 Å². The minimum atomic E-state index is 0.00375. The second kappa shape index (κ2) is 5.41. The van der Waals surface area contributed by atoms with Gasteiger partial charge in [0.1, 0.15) is 5.82 Å². The lowest BCUT2D eigenvalue weighted by Gasteiger charge is -2.07. The van der Waals surface area contributed by atoms with Gasteiger partial charge in [-0.1, -0.05) is 0 Å². The van der Waals surface area contributed by atoms with E-state index in [2.05, 4.69) is 30.8 Å². The predicted molar refractivity (Wildman–Crippen MR) is 62.8 cm³/mol. The Morgan fingerprint density at radius 1 is 1.12 bits per heavy atom. The average Bonchev–Trinajstić information content (AvgIpc) is 2.81. The molecule has 0 atom stereocenters. The van der Waals surface area contributed by atoms with E-state index in [1.165, 1.54) is 0 Å². The normalized spacial score (nSPS) is 10.7. The summed E-state index contributed by atoms with van der Waals surface area (Å²) in [5.41, 5.74) is 0.598. The van der Waals surface area contributed by atoms with E-state index in [9.17, 15) is 0 Å². The minimum absolute atomic E-state index is 0.00375. The third kappa shape index (κ3) is 2.60. The van der Waals surface area contributed by atoms with Gasteiger partial charge in [-0.15, -0.1) is 0 Å². The van der Waals surface area contributed by atoms with E-state index >= 15 is 0 Å². The van der Waals surface area contributed by atoms with Crippen molar-refractivity contribution in [1.82, 2.24) is 20.2 Å². The van der Waals surface area contributed by atoms with Crippen LogP contribution in [0.4, 0.5) is 11.8 Å². The number of hydrogen-bond donors (Lipinski definition) is 5. The summed E-state index contributed by atoms with van der Waals surface area (Å²) in [6, 6.07) is 0. The zero-order chi connectivity index (χ0) is 12.1. The molecule has 0 saturated heterocycles. The third-order valence-corrected chi connectivity index (χ3v) is 2.11. The quantitative estimate of drug-likeness (QED) is 0.445. The van der Waals surface area contributed by atoms with Crippen LogP contribution in [0.15, 0.2) is 6.20 Å². The zero-order valence-corrected chi connectivity index (χ0v) is 9.14. The van der Waals surface area contributed by atoms with Crippen molar-refractivity contribution >= 4 is 22.8 Å². The van der Waals surface area contributed by atoms with Crippen LogP contribution in [0.3, 0.4) is 0 Å². The molecule has 8 heteroatoms. The minimum Gasteiger partial charge on any atom is -0.395 e. The van der Waals surface area contributed by atoms with Gasteiger partial charge in [-0.2, -0.15) is 15.1 Å². The first-order valence-electron chi connectivity index (χ1n) is 5.25. The van der Waals surface area contributed by atoms with Crippen molar-refractivity contribution in [3.63, 3.8) is 0 Å². The SMILES string of the molecule is OCCNc1nc(NCCO)c2cn[nH]c2n1. The molecular weight excluding hydrogens is 224 g/mol. The van der Waals surface area contributed by atoms with Crippen molar-refractivity contribution in [3.05, 3.63) is 6.20 Å². The molecule has 2 rings (SSSR count). The summed E-state index contributed by atoms with van der Waals surface area (Å²) >= 11 is 0. The maximum absolute atomic E-state index is 8.78. The molecule has 17 heavy (non-hydrogen) atoms. The Bertz CT molecular complexity index is 485. The van der Waals surface area contributed by atoms with Crippen LogP contribution in [0.1, 0.15) is 0 Å². The van der Waals surface area contributed by atoms with Crippen molar-refractivity contribution < 1.29 is 10.2 Å². The van der Waals surface area contributed by atoms with E-state index in [4.69, 9.17) is 10.2 Å². The van der Waals surface area contributed by atoms with Gasteiger partial charge < -0.3 is 20.8 Å². The molecule has 0 aliphatic rings. The maximum atomic E-state index is 8.78. The lowest BCUT2D eigenvalue weighted by atomic mass is 10.4. The molecule has 0 unspecified atom stereocenters. The number of aliphatic hydroxyl groups is 2. The summed E-state index contributed by atoms with van der Waals surface area (Å²) < 4.78 is 0. The van der Waals surface area contributed by atoms with Crippen LogP contribution in [0.25, 0.3) is 11.0 Å². The van der Waals surface area contributed by atoms with Crippen molar-refractivity contribution in [2.24, 2.45) is 0 Å². The lowest BCUT2D eigenvalue weighted by molar-refractivity contribution is 0.311. The molecule has 0 fully saturated rings. The molecule has 0 aliphatic heterocycles. The van der Waals surface area contributed by atoms with Gasteiger partial charge in [0.05, 0.1) is 24.8 Å². The number of nitrogens with one attached hydrogen (secondary N) is 3. The second-order valence-corrected chi connectivity index (χ2v) is 3.33. The van der Waals surface area contributed by atoms with Crippen LogP contribution in [-0.2, 0) is 0 Å². The lowest BCUT2D eigenvalue weighted by Crippen LogP contribution is -2.12. The third-order valence-electron chi connectivity index (χ3n) is 2.11. The summed E-state index contributed by atoms with van der Waals surface area (Å²) in [4.78, 5) is 8.42. The molecule has 92 valence electrons. The number of fused-ring (bicyclic) bond motifs is 1. The van der Waals surface area contributed by atoms with E-state index in [0.29, 0.717) is 30.5 Å². The summed E-state index contributed by atoms with van der Waals surface area (Å²) in [5, 5.41) is 30.7. The van der Waals surface area contributed by atoms with Gasteiger partial charge in [0, 0.05) is 13.1 Å². The Morgan fingerprint density at radius 2 is 1.88 bits per heavy atom. The second-order valence-electron chi connectivity index (χ2n) is 3.33. The van der Waals surface area contributed by atoms with Gasteiger partial charge in [0.25, 0.3) is 0 Å². The molecule has 8 nitrogen and oxygen atoms in total. The first-order valence-corrected chi connectivity index (χ1v) is 5.25. The fourth-order valence-corrected chi connectivity index (χ4v) is 1.39. The van der Waals surface area contributed by atoms with E-state index in [1.54, 1.807) is 6.20 Å². The molecule has 0 radical (unpaired) electrons. The summed E-state index contributed by atoms with van der Waals surface area (Å²) in [5.74, 6) is 0.995. The number of anilines is 2. The van der Waals surface area contributed by atoms with Crippen LogP contribution in [0.5, 0.6) is 0 Å². The van der Waals surface area contributed by atoms with Crippen molar-refractivity contribution in [1.29, 1.82) is 0 Å². The first-order chi connectivity index (χ1) is 8.35. The van der Waals surface area contributed by atoms with Crippen LogP contribution in [0.2, 0.25) is 0 Å². The highest BCUT2D eigenvalue weighted by Crippen LogP contribution is 2.19. The molecule has 0 spiro atoms. The first kappa shape index (κ1) is 11.6. The molecule has 2 aromatic rings. The van der Waals surface area contributed by atoms with Crippen LogP contribution in [-0.4, -0.2) is 56.7 Å². The summed E-state index contributed by atoms with van der Waals surface area (Å²) in [7, 11) is 0. The average molecular weight is 238 g/mol. The molecule has 0 bridgehead atoms. The van der Waals surface area contributed by atoms with E-state index < -0.39 is 0 Å². The van der Waals surface area contributed by atoms with Gasteiger partial charge in [-0.25, -0.2) is 0 Å². The van der Waals surface area contributed by atoms with Crippen molar-refractivity contribution in [2.75, 3.05) is 36.9 Å². The van der Waals surface area contributed by atoms with Gasteiger partial charge >= 0.3 is 0 Å². The molecule has 2 heterocycles. The Balaban J connectivity index is 2.29. The van der Waals surface area contributed by atoms with Crippen LogP contribution in [0, 0.1) is 0 Å². The van der Waals surface area contributed by atoms with E-state index in [0.717, 1.165) is 5.39 Å². The monoisotopic (exact) mass is 238 g/mol. The summed E-state index contributed by atoms with van der Waals surface area (Å²) in [6.45, 7) is 0.794. The van der Waals surface area contributed by atoms with Crippen LogP contribution >= 0.6 is 0 Å². The fraction of sp³-hybridized carbons (Fsp3) is 0.444. The molecular formula is C9H14N6O2. The van der Waals surface area contributed by atoms with E-state index in [-0.39, 0.29) is 13.2 Å². The molecule has 5 N–H and O–H groups in total. The fourth-order valence-electron chi connectivity index (χ4n) is 1.39. The Hall–Kier alpha value is -1.93. The molecule has 2 aromatic heterocycles. The van der Waals surface area contributed by atoms with Gasteiger partial charge in [-0.3, -0.25) is 5.10 Å². The van der Waals surface area contributed by atoms with Gasteiger partial charge in [0.15, 0.2) is 5.65 Å². The highest BCUT2D eigenvalue weighted by molar-refractivity contribution is 5.86. The standard InChI is InChI=1S/C9H14N6O2/c16-3-1-10-7-6-5-12-15-8(6)14-9(13-7)11-2-4-17/h5,16-17H,1-4H2,(H3,10,11,12,13,14,15). The number of rotatable bonds is 6. The van der Waals surface area contributed by atoms with Gasteiger partial charge in [0.2, 0.25) is 5.95 Å². The smallest absolute Gasteiger partial charge is 0.226 e. The zero-order valence-electron chi connectivity index (χ0n) is 9.14. The number of H-pyrrole nitrogens is 1. The topological polar surface area (TPSA) is 119 Å². The maximum Gasteiger partial charge on any atom is 0.226 e. The number of aromatic nitrogens is 4. The molecule has 0 saturated carbocycles. The highest BCUT2D eigenvalue weighted by Gasteiger charge is 2.08. The highest BCUT2D eigenvalue weighted by atomic mass is 16.3. The Kier molecular flexibility index (Phi) is 3.68. The summed E-state index contributed by atoms with van der Waals surface area (Å²) in [6.07, 6.45) is 1.62. The largest absolute Gasteiger partial charge is 0.395 e.